The van der Waals surface area contributed by atoms with E-state index in [9.17, 15) is 0 Å². The van der Waals surface area contributed by atoms with Crippen LogP contribution in [0, 0.1) is 20.8 Å². The molecular formula is C19H12S7. The van der Waals surface area contributed by atoms with Crippen molar-refractivity contribution in [1.29, 1.82) is 0 Å². The molecule has 0 saturated carbocycles. The highest BCUT2D eigenvalue weighted by molar-refractivity contribution is 7.83. The van der Waals surface area contributed by atoms with Gasteiger partial charge in [-0.15, -0.1) is 80.6 Å². The molecule has 0 nitrogen and oxygen atoms in total. The molecule has 6 aromatic rings. The predicted molar refractivity (Wildman–Crippen MR) is 131 cm³/mol. The first kappa shape index (κ1) is 16.5. The number of fused-ring (bicyclic) bond motifs is 6. The molecule has 0 spiro atoms. The molecule has 7 heteroatoms. The molecular weight excluding hydrogens is 453 g/mol. The van der Waals surface area contributed by atoms with Crippen molar-refractivity contribution >= 4 is 118 Å². The Bertz CT molecular complexity index is 1460. The van der Waals surface area contributed by atoms with E-state index in [-0.39, 0.29) is 0 Å². The first-order chi connectivity index (χ1) is 12.5. The minimum Gasteiger partial charge on any atom is -0.141 e. The molecule has 6 rings (SSSR count). The fourth-order valence-corrected chi connectivity index (χ4v) is 12.4. The Morgan fingerprint density at radius 2 is 1.31 bits per heavy atom. The van der Waals surface area contributed by atoms with E-state index in [0.717, 1.165) is 4.21 Å². The first-order valence-corrected chi connectivity index (χ1v) is 13.5. The van der Waals surface area contributed by atoms with Crippen molar-refractivity contribution in [2.24, 2.45) is 0 Å². The second-order valence-electron chi connectivity index (χ2n) is 6.49. The van der Waals surface area contributed by atoms with Gasteiger partial charge in [-0.3, -0.25) is 0 Å². The number of hydrogen-bond acceptors (Lipinski definition) is 7. The van der Waals surface area contributed by atoms with E-state index >= 15 is 0 Å². The van der Waals surface area contributed by atoms with E-state index < -0.39 is 0 Å². The van der Waals surface area contributed by atoms with Crippen molar-refractivity contribution in [3.8, 4) is 9.75 Å². The lowest BCUT2D eigenvalue weighted by Gasteiger charge is -1.98. The van der Waals surface area contributed by atoms with Crippen molar-refractivity contribution in [3.63, 3.8) is 0 Å². The zero-order chi connectivity index (χ0) is 17.7. The lowest BCUT2D eigenvalue weighted by molar-refractivity contribution is 1.57. The highest BCUT2D eigenvalue weighted by atomic mass is 32.2. The summed E-state index contributed by atoms with van der Waals surface area (Å²) in [6, 6.07) is 2.21. The Kier molecular flexibility index (Phi) is 3.54. The summed E-state index contributed by atoms with van der Waals surface area (Å²) in [5.41, 5.74) is 4.34. The Balaban J connectivity index is 1.66. The van der Waals surface area contributed by atoms with Crippen LogP contribution < -0.4 is 0 Å². The SMILES string of the molecule is Cc1c(-c2sc3c(sc4c(C)csc43)c2C)sc2c1sc1cc(S)sc12. The van der Waals surface area contributed by atoms with Gasteiger partial charge < -0.3 is 0 Å². The topological polar surface area (TPSA) is 0 Å². The molecule has 26 heavy (non-hydrogen) atoms. The number of hydrogen-bond donors (Lipinski definition) is 1. The maximum atomic E-state index is 4.55. The van der Waals surface area contributed by atoms with E-state index in [0.29, 0.717) is 0 Å². The third-order valence-electron chi connectivity index (χ3n) is 4.82. The van der Waals surface area contributed by atoms with Crippen LogP contribution in [0.1, 0.15) is 16.7 Å². The van der Waals surface area contributed by atoms with Crippen molar-refractivity contribution in [2.45, 2.75) is 25.0 Å². The minimum atomic E-state index is 1.11. The summed E-state index contributed by atoms with van der Waals surface area (Å²) in [7, 11) is 0. The maximum absolute atomic E-state index is 4.55. The van der Waals surface area contributed by atoms with Gasteiger partial charge in [0.2, 0.25) is 0 Å². The lowest BCUT2D eigenvalue weighted by Crippen LogP contribution is -1.74. The Hall–Kier alpha value is -0.410. The van der Waals surface area contributed by atoms with Gasteiger partial charge in [-0.05, 0) is 48.9 Å². The van der Waals surface area contributed by atoms with Crippen molar-refractivity contribution < 1.29 is 0 Å². The van der Waals surface area contributed by atoms with Gasteiger partial charge in [0.15, 0.2) is 0 Å². The van der Waals surface area contributed by atoms with Gasteiger partial charge in [-0.25, -0.2) is 0 Å². The summed E-state index contributed by atoms with van der Waals surface area (Å²) < 4.78 is 12.8. The van der Waals surface area contributed by atoms with Crippen molar-refractivity contribution in [1.82, 2.24) is 0 Å². The molecule has 0 saturated heterocycles. The van der Waals surface area contributed by atoms with E-state index in [2.05, 4.69) is 44.8 Å². The molecule has 0 aliphatic carbocycles. The first-order valence-electron chi connectivity index (χ1n) is 8.07. The Labute approximate surface area is 179 Å². The van der Waals surface area contributed by atoms with Gasteiger partial charge in [0.1, 0.15) is 0 Å². The zero-order valence-electron chi connectivity index (χ0n) is 14.1. The van der Waals surface area contributed by atoms with Gasteiger partial charge in [-0.1, -0.05) is 0 Å². The van der Waals surface area contributed by atoms with Gasteiger partial charge in [0.25, 0.3) is 0 Å². The van der Waals surface area contributed by atoms with Gasteiger partial charge in [0.05, 0.1) is 37.1 Å². The lowest BCUT2D eigenvalue weighted by atomic mass is 10.2. The number of rotatable bonds is 1. The quantitative estimate of drug-likeness (QED) is 0.230. The summed E-state index contributed by atoms with van der Waals surface area (Å²) in [5.74, 6) is 0. The summed E-state index contributed by atoms with van der Waals surface area (Å²) in [5, 5.41) is 2.30. The Morgan fingerprint density at radius 3 is 2.04 bits per heavy atom. The third kappa shape index (κ3) is 2.05. The van der Waals surface area contributed by atoms with Gasteiger partial charge in [-0.2, -0.15) is 0 Å². The maximum Gasteiger partial charge on any atom is 0.0641 e. The second kappa shape index (κ2) is 5.56. The molecule has 0 N–H and O–H groups in total. The van der Waals surface area contributed by atoms with Crippen LogP contribution in [0.5, 0.6) is 0 Å². The highest BCUT2D eigenvalue weighted by Crippen LogP contribution is 2.54. The average molecular weight is 465 g/mol. The second-order valence-corrected chi connectivity index (χ2v) is 13.3. The van der Waals surface area contributed by atoms with Crippen molar-refractivity contribution in [2.75, 3.05) is 0 Å². The molecule has 0 fully saturated rings. The molecule has 0 bridgehead atoms. The predicted octanol–water partition coefficient (Wildman–Crippen LogP) is 9.55. The van der Waals surface area contributed by atoms with E-state index in [1.54, 1.807) is 0 Å². The number of aryl methyl sites for hydroxylation is 3. The van der Waals surface area contributed by atoms with Crippen LogP contribution in [0.4, 0.5) is 0 Å². The van der Waals surface area contributed by atoms with Crippen LogP contribution in [0.2, 0.25) is 0 Å². The number of thiol groups is 1. The molecule has 0 atom stereocenters. The third-order valence-corrected chi connectivity index (χ3v) is 13.6. The highest BCUT2D eigenvalue weighted by Gasteiger charge is 2.22. The molecule has 0 aromatic carbocycles. The van der Waals surface area contributed by atoms with E-state index in [1.807, 2.05) is 68.0 Å². The fraction of sp³-hybridized carbons (Fsp3) is 0.158. The largest absolute Gasteiger partial charge is 0.141 e. The smallest absolute Gasteiger partial charge is 0.0641 e. The summed E-state index contributed by atoms with van der Waals surface area (Å²) in [4.78, 5) is 2.94. The van der Waals surface area contributed by atoms with E-state index in [4.69, 9.17) is 0 Å². The zero-order valence-corrected chi connectivity index (χ0v) is 19.8. The summed E-state index contributed by atoms with van der Waals surface area (Å²) in [6.07, 6.45) is 0. The average Bonchev–Trinajstić information content (AvgIpc) is 3.37. The summed E-state index contributed by atoms with van der Waals surface area (Å²) in [6.45, 7) is 6.84. The molecule has 6 aromatic heterocycles. The van der Waals surface area contributed by atoms with Crippen LogP contribution in [-0.4, -0.2) is 0 Å². The molecule has 0 aliphatic rings. The fourth-order valence-electron chi connectivity index (χ4n) is 3.50. The molecule has 130 valence electrons. The number of thiophene rings is 6. The Morgan fingerprint density at radius 1 is 0.654 bits per heavy atom. The molecule has 6 heterocycles. The molecule has 0 radical (unpaired) electrons. The molecule has 0 aliphatic heterocycles. The van der Waals surface area contributed by atoms with Crippen LogP contribution >= 0.6 is 80.6 Å². The van der Waals surface area contributed by atoms with Gasteiger partial charge in [0, 0.05) is 14.5 Å². The van der Waals surface area contributed by atoms with Crippen LogP contribution in [-0.2, 0) is 0 Å². The van der Waals surface area contributed by atoms with Crippen LogP contribution in [0.15, 0.2) is 15.7 Å². The van der Waals surface area contributed by atoms with Crippen LogP contribution in [0.3, 0.4) is 0 Å². The minimum absolute atomic E-state index is 1.11. The molecule has 0 amide bonds. The monoisotopic (exact) mass is 464 g/mol. The van der Waals surface area contributed by atoms with Gasteiger partial charge >= 0.3 is 0 Å². The molecule has 0 unspecified atom stereocenters. The van der Waals surface area contributed by atoms with Crippen LogP contribution in [0.25, 0.3) is 47.4 Å². The normalized spacial score (nSPS) is 12.6. The standard InChI is InChI=1S/C19H12S7/c1-6-5-21-17-11(6)24-15-8(3)13(26-19(15)17)12-7(2)14-18(25-12)16-9(22-14)4-10(20)23-16/h4-5,20H,1-3H3. The van der Waals surface area contributed by atoms with Crippen molar-refractivity contribution in [3.05, 3.63) is 28.1 Å². The van der Waals surface area contributed by atoms with E-state index in [1.165, 1.54) is 64.0 Å². The summed E-state index contributed by atoms with van der Waals surface area (Å²) >= 11 is 16.1.